The van der Waals surface area contributed by atoms with E-state index in [9.17, 15) is 0 Å². The number of hydrogen-bond acceptors (Lipinski definition) is 6. The maximum absolute atomic E-state index is 5.88. The predicted octanol–water partition coefficient (Wildman–Crippen LogP) is 15.9. The van der Waals surface area contributed by atoms with Crippen molar-refractivity contribution in [3.63, 3.8) is 0 Å². The minimum Gasteiger partial charge on any atom is -0.350 e. The summed E-state index contributed by atoms with van der Waals surface area (Å²) in [5.41, 5.74) is 15.5. The van der Waals surface area contributed by atoms with Crippen LogP contribution in [0.15, 0.2) is 293 Å². The largest absolute Gasteiger partial charge is 0.350 e. The van der Waals surface area contributed by atoms with E-state index in [1.54, 1.807) is 0 Å². The Hall–Kier alpha value is -9.89. The normalized spacial score (nSPS) is 19.9. The minimum atomic E-state index is -0.499. The quantitative estimate of drug-likeness (QED) is 0.128. The summed E-state index contributed by atoms with van der Waals surface area (Å²) in [7, 11) is 0. The highest BCUT2D eigenvalue weighted by atomic mass is 15.3. The fourth-order valence-corrected chi connectivity index (χ4v) is 12.6. The average molecular weight is 1030 g/mol. The number of nitrogens with one attached hydrogen (secondary N) is 3. The lowest BCUT2D eigenvalue weighted by Gasteiger charge is -2.36. The topological polar surface area (TPSA) is 83.0 Å². The molecule has 0 radical (unpaired) electrons. The standard InChI is InChI=1S/C72H56N8/c1-6-24-47(25-7-1)53-34-16-18-37-57(53)70-76-71(58-38-19-17-35-54(58)48-26-8-2-9-27-48)78-72(77-70)60-46-51(69-74-67(49-28-10-3-11-29-49)73-68(75-69)50-30-12-4-13-31-50)42-44-63(60)80-61-40-22-20-36-55(61)56-43-45-64-65(66(56)80)59-39-21-23-41-62(59)79(64)52-32-14-5-15-33-52/h1-3,5-12,14-46,60,63,67-68,70,73H,4,13H2,(H,74,75)(H,76,77,78). The molecule has 8 heteroatoms. The SMILES string of the molecule is C1=CC(C2NC(C3=CC(C4=NC(c5ccccc5-c5ccccc5)NC(c5ccccc5-c5ccccc5)=N4)C(n4c5ccccc5c5ccc6c(c7ccccc7n6-c6ccccc6)c54)C=C3)=NC(c3ccccc3)N2)=CCC1. The van der Waals surface area contributed by atoms with Crippen molar-refractivity contribution in [1.82, 2.24) is 25.1 Å². The second-order valence-electron chi connectivity index (χ2n) is 21.0. The fraction of sp³-hybridized carbons (Fsp3) is 0.0972. The number of hydrogen-bond donors (Lipinski definition) is 3. The van der Waals surface area contributed by atoms with Crippen LogP contribution in [0.4, 0.5) is 0 Å². The maximum Gasteiger partial charge on any atom is 0.148 e. The molecular formula is C72H56N8. The average Bonchev–Trinajstić information content (AvgIpc) is 4.16. The first kappa shape index (κ1) is 47.3. The van der Waals surface area contributed by atoms with Crippen LogP contribution in [0, 0.1) is 5.92 Å². The Labute approximate surface area is 464 Å². The van der Waals surface area contributed by atoms with Crippen LogP contribution >= 0.6 is 0 Å². The summed E-state index contributed by atoms with van der Waals surface area (Å²) in [6.45, 7) is 0. The van der Waals surface area contributed by atoms with Crippen LogP contribution in [0.1, 0.15) is 47.9 Å². The second-order valence-corrected chi connectivity index (χ2v) is 21.0. The molecule has 0 amide bonds. The molecule has 5 atom stereocenters. The zero-order chi connectivity index (χ0) is 52.9. The van der Waals surface area contributed by atoms with Gasteiger partial charge in [-0.3, -0.25) is 5.32 Å². The van der Waals surface area contributed by atoms with E-state index in [0.717, 1.165) is 97.1 Å². The van der Waals surface area contributed by atoms with Gasteiger partial charge in [0, 0.05) is 49.4 Å². The summed E-state index contributed by atoms with van der Waals surface area (Å²) in [6, 6.07) is 82.0. The molecule has 0 bridgehead atoms. The second kappa shape index (κ2) is 20.2. The lowest BCUT2D eigenvalue weighted by molar-refractivity contribution is 0.440. The van der Waals surface area contributed by atoms with Gasteiger partial charge in [0.2, 0.25) is 0 Å². The number of benzene rings is 9. The summed E-state index contributed by atoms with van der Waals surface area (Å²) < 4.78 is 5.01. The Morgan fingerprint density at radius 3 is 1.89 bits per heavy atom. The number of rotatable bonds is 10. The molecular weight excluding hydrogens is 977 g/mol. The maximum atomic E-state index is 5.88. The Morgan fingerprint density at radius 2 is 1.12 bits per heavy atom. The van der Waals surface area contributed by atoms with Crippen LogP contribution in [-0.2, 0) is 0 Å². The molecule has 4 aliphatic rings. The van der Waals surface area contributed by atoms with Crippen molar-refractivity contribution in [2.75, 3.05) is 0 Å². The number of fused-ring (bicyclic) bond motifs is 7. The third-order valence-electron chi connectivity index (χ3n) is 16.3. The Morgan fingerprint density at radius 1 is 0.475 bits per heavy atom. The number of nitrogens with zero attached hydrogens (tertiary/aromatic N) is 5. The number of allylic oxidation sites excluding steroid dienone is 3. The summed E-state index contributed by atoms with van der Waals surface area (Å²) in [6.07, 6.45) is 15.0. The zero-order valence-corrected chi connectivity index (χ0v) is 43.9. The van der Waals surface area contributed by atoms with Crippen molar-refractivity contribution >= 4 is 61.1 Å². The van der Waals surface area contributed by atoms with E-state index < -0.39 is 12.1 Å². The molecule has 15 rings (SSSR count). The van der Waals surface area contributed by atoms with Crippen LogP contribution in [0.3, 0.4) is 0 Å². The van der Waals surface area contributed by atoms with Gasteiger partial charge < -0.3 is 19.8 Å². The van der Waals surface area contributed by atoms with E-state index in [4.69, 9.17) is 15.0 Å². The Kier molecular flexibility index (Phi) is 11.9. The molecule has 0 fully saturated rings. The molecule has 5 unspecified atom stereocenters. The summed E-state index contributed by atoms with van der Waals surface area (Å²) in [5.74, 6) is 1.89. The van der Waals surface area contributed by atoms with E-state index in [2.05, 4.69) is 292 Å². The highest BCUT2D eigenvalue weighted by Crippen LogP contribution is 2.46. The molecule has 3 N–H and O–H groups in total. The van der Waals surface area contributed by atoms with E-state index in [1.165, 1.54) is 32.6 Å². The van der Waals surface area contributed by atoms with Crippen molar-refractivity contribution in [3.8, 4) is 27.9 Å². The number of aromatic nitrogens is 2. The van der Waals surface area contributed by atoms with Crippen LogP contribution in [0.5, 0.6) is 0 Å². The third kappa shape index (κ3) is 8.31. The van der Waals surface area contributed by atoms with Crippen LogP contribution in [-0.4, -0.2) is 32.8 Å². The lowest BCUT2D eigenvalue weighted by Crippen LogP contribution is -2.52. The zero-order valence-electron chi connectivity index (χ0n) is 43.9. The fourth-order valence-electron chi connectivity index (χ4n) is 12.6. The summed E-state index contributed by atoms with van der Waals surface area (Å²) in [5, 5.41) is 16.5. The number of amidine groups is 3. The molecule has 9 aromatic carbocycles. The van der Waals surface area contributed by atoms with Gasteiger partial charge in [0.15, 0.2) is 0 Å². The summed E-state index contributed by atoms with van der Waals surface area (Å²) >= 11 is 0. The van der Waals surface area contributed by atoms with Crippen molar-refractivity contribution in [2.24, 2.45) is 20.9 Å². The first-order valence-corrected chi connectivity index (χ1v) is 27.8. The van der Waals surface area contributed by atoms with Crippen molar-refractivity contribution in [3.05, 3.63) is 295 Å². The molecule has 80 heavy (non-hydrogen) atoms. The highest BCUT2D eigenvalue weighted by molar-refractivity contribution is 6.26. The molecule has 2 aliphatic heterocycles. The Bertz CT molecular complexity index is 4410. The van der Waals surface area contributed by atoms with Gasteiger partial charge in [-0.25, -0.2) is 15.0 Å². The molecule has 8 nitrogen and oxygen atoms in total. The Balaban J connectivity index is 0.996. The van der Waals surface area contributed by atoms with Gasteiger partial charge in [0.25, 0.3) is 0 Å². The van der Waals surface area contributed by atoms with E-state index in [0.29, 0.717) is 0 Å². The van der Waals surface area contributed by atoms with E-state index >= 15 is 0 Å². The van der Waals surface area contributed by atoms with Gasteiger partial charge in [0.1, 0.15) is 36.0 Å². The molecule has 11 aromatic rings. The van der Waals surface area contributed by atoms with Gasteiger partial charge in [-0.2, -0.15) is 0 Å². The van der Waals surface area contributed by atoms with E-state index in [1.807, 2.05) is 0 Å². The van der Waals surface area contributed by atoms with Crippen LogP contribution in [0.2, 0.25) is 0 Å². The molecule has 2 aliphatic carbocycles. The first-order valence-electron chi connectivity index (χ1n) is 27.8. The molecule has 384 valence electrons. The van der Waals surface area contributed by atoms with Crippen molar-refractivity contribution < 1.29 is 0 Å². The monoisotopic (exact) mass is 1030 g/mol. The third-order valence-corrected chi connectivity index (χ3v) is 16.3. The van der Waals surface area contributed by atoms with Gasteiger partial charge >= 0.3 is 0 Å². The molecule has 4 heterocycles. The first-order chi connectivity index (χ1) is 39.7. The summed E-state index contributed by atoms with van der Waals surface area (Å²) in [4.78, 5) is 17.2. The lowest BCUT2D eigenvalue weighted by atomic mass is 9.88. The van der Waals surface area contributed by atoms with Gasteiger partial charge in [-0.1, -0.05) is 237 Å². The van der Waals surface area contributed by atoms with E-state index in [-0.39, 0.29) is 18.4 Å². The molecule has 0 spiro atoms. The minimum absolute atomic E-state index is 0.170. The van der Waals surface area contributed by atoms with Gasteiger partial charge in [-0.15, -0.1) is 0 Å². The predicted molar refractivity (Wildman–Crippen MR) is 330 cm³/mol. The highest BCUT2D eigenvalue weighted by Gasteiger charge is 2.37. The molecule has 2 aromatic heterocycles. The van der Waals surface area contributed by atoms with Gasteiger partial charge in [-0.05, 0) is 76.6 Å². The van der Waals surface area contributed by atoms with Crippen LogP contribution in [0.25, 0.3) is 71.6 Å². The van der Waals surface area contributed by atoms with Crippen molar-refractivity contribution in [2.45, 2.75) is 37.4 Å². The van der Waals surface area contributed by atoms with Gasteiger partial charge in [0.05, 0.1) is 28.5 Å². The smallest absolute Gasteiger partial charge is 0.148 e. The number of aliphatic imine (C=N–C) groups is 3. The van der Waals surface area contributed by atoms with Crippen molar-refractivity contribution in [1.29, 1.82) is 0 Å². The molecule has 0 saturated heterocycles. The molecule has 0 saturated carbocycles. The number of para-hydroxylation sites is 3. The van der Waals surface area contributed by atoms with Crippen LogP contribution < -0.4 is 16.0 Å².